The highest BCUT2D eigenvalue weighted by atomic mass is 32.1. The summed E-state index contributed by atoms with van der Waals surface area (Å²) in [5.41, 5.74) is 2.01. The molecule has 2 aromatic rings. The Bertz CT molecular complexity index is 501. The van der Waals surface area contributed by atoms with Crippen molar-refractivity contribution in [2.24, 2.45) is 0 Å². The molecule has 0 bridgehead atoms. The van der Waals surface area contributed by atoms with Gasteiger partial charge in [0.15, 0.2) is 5.78 Å². The summed E-state index contributed by atoms with van der Waals surface area (Å²) < 4.78 is 0. The van der Waals surface area contributed by atoms with Gasteiger partial charge in [-0.05, 0) is 28.8 Å². The van der Waals surface area contributed by atoms with Crippen LogP contribution in [-0.4, -0.2) is 5.78 Å². The number of thiophene rings is 1. The van der Waals surface area contributed by atoms with Gasteiger partial charge in [-0.25, -0.2) is 0 Å². The minimum Gasteiger partial charge on any atom is -0.293 e. The Morgan fingerprint density at radius 3 is 2.55 bits per heavy atom. The maximum atomic E-state index is 12.7. The Hall–Kier alpha value is -1.41. The first-order valence-electron chi connectivity index (χ1n) is 7.44. The Kier molecular flexibility index (Phi) is 6.00. The van der Waals surface area contributed by atoms with E-state index < -0.39 is 0 Å². The molecule has 0 fully saturated rings. The molecule has 0 amide bonds. The third-order valence-corrected chi connectivity index (χ3v) is 4.37. The normalized spacial score (nSPS) is 12.2. The number of hydrogen-bond donors (Lipinski definition) is 0. The van der Waals surface area contributed by atoms with Gasteiger partial charge in [0, 0.05) is 11.5 Å². The van der Waals surface area contributed by atoms with Crippen molar-refractivity contribution >= 4 is 17.1 Å². The van der Waals surface area contributed by atoms with Crippen molar-refractivity contribution in [1.29, 1.82) is 0 Å². The second-order valence-corrected chi connectivity index (χ2v) is 5.97. The predicted octanol–water partition coefficient (Wildman–Crippen LogP) is 5.69. The first-order valence-corrected chi connectivity index (χ1v) is 8.38. The summed E-state index contributed by atoms with van der Waals surface area (Å²) in [6.45, 7) is 2.21. The minimum absolute atomic E-state index is 0.0282. The zero-order valence-electron chi connectivity index (χ0n) is 12.0. The van der Waals surface area contributed by atoms with Crippen molar-refractivity contribution in [3.8, 4) is 0 Å². The molecule has 0 spiro atoms. The van der Waals surface area contributed by atoms with Crippen molar-refractivity contribution in [3.63, 3.8) is 0 Å². The standard InChI is InChI=1S/C18H22OS/c1-2-3-4-8-11-17(16-12-13-20-14-16)18(19)15-9-6-5-7-10-15/h5-7,9-10,12-14,17H,2-4,8,11H2,1H3. The van der Waals surface area contributed by atoms with E-state index in [1.54, 1.807) is 11.3 Å². The van der Waals surface area contributed by atoms with Crippen LogP contribution in [0.15, 0.2) is 47.2 Å². The molecule has 1 heterocycles. The van der Waals surface area contributed by atoms with Gasteiger partial charge in [0.05, 0.1) is 0 Å². The molecular weight excluding hydrogens is 264 g/mol. The Balaban J connectivity index is 2.08. The molecule has 1 nitrogen and oxygen atoms in total. The lowest BCUT2D eigenvalue weighted by atomic mass is 9.88. The van der Waals surface area contributed by atoms with Gasteiger partial charge in [0.2, 0.25) is 0 Å². The van der Waals surface area contributed by atoms with Crippen LogP contribution in [0.5, 0.6) is 0 Å². The summed E-state index contributed by atoms with van der Waals surface area (Å²) >= 11 is 1.67. The predicted molar refractivity (Wildman–Crippen MR) is 86.6 cm³/mol. The lowest BCUT2D eigenvalue weighted by Gasteiger charge is -2.15. The van der Waals surface area contributed by atoms with Gasteiger partial charge in [-0.2, -0.15) is 11.3 Å². The fourth-order valence-corrected chi connectivity index (χ4v) is 3.22. The number of unbranched alkanes of at least 4 members (excludes halogenated alkanes) is 3. The highest BCUT2D eigenvalue weighted by molar-refractivity contribution is 7.08. The van der Waals surface area contributed by atoms with Crippen molar-refractivity contribution in [1.82, 2.24) is 0 Å². The number of Topliss-reactive ketones (excluding diaryl/α,β-unsaturated/α-hetero) is 1. The average Bonchev–Trinajstić information content (AvgIpc) is 3.02. The molecule has 0 saturated heterocycles. The maximum Gasteiger partial charge on any atom is 0.170 e. The van der Waals surface area contributed by atoms with Crippen molar-refractivity contribution < 1.29 is 4.79 Å². The van der Waals surface area contributed by atoms with E-state index in [-0.39, 0.29) is 11.7 Å². The number of benzene rings is 1. The van der Waals surface area contributed by atoms with Crippen LogP contribution in [0, 0.1) is 0 Å². The van der Waals surface area contributed by atoms with E-state index in [2.05, 4.69) is 23.8 Å². The molecule has 1 unspecified atom stereocenters. The molecule has 2 heteroatoms. The van der Waals surface area contributed by atoms with Crippen LogP contribution in [0.1, 0.15) is 60.9 Å². The minimum atomic E-state index is 0.0282. The van der Waals surface area contributed by atoms with Gasteiger partial charge in [-0.15, -0.1) is 0 Å². The van der Waals surface area contributed by atoms with Crippen LogP contribution in [0.3, 0.4) is 0 Å². The number of carbonyl (C=O) groups is 1. The molecular formula is C18H22OS. The molecule has 0 aliphatic heterocycles. The van der Waals surface area contributed by atoms with E-state index in [9.17, 15) is 4.79 Å². The van der Waals surface area contributed by atoms with Crippen LogP contribution in [0.2, 0.25) is 0 Å². The Morgan fingerprint density at radius 1 is 1.10 bits per heavy atom. The van der Waals surface area contributed by atoms with Gasteiger partial charge in [-0.1, -0.05) is 62.9 Å². The van der Waals surface area contributed by atoms with E-state index in [0.29, 0.717) is 0 Å². The molecule has 1 aromatic heterocycles. The van der Waals surface area contributed by atoms with E-state index in [4.69, 9.17) is 0 Å². The van der Waals surface area contributed by atoms with Crippen molar-refractivity contribution in [3.05, 3.63) is 58.3 Å². The molecule has 106 valence electrons. The van der Waals surface area contributed by atoms with Crippen molar-refractivity contribution in [2.75, 3.05) is 0 Å². The largest absolute Gasteiger partial charge is 0.293 e. The lowest BCUT2D eigenvalue weighted by molar-refractivity contribution is 0.0954. The van der Waals surface area contributed by atoms with E-state index in [1.165, 1.54) is 24.8 Å². The fourth-order valence-electron chi connectivity index (χ4n) is 2.50. The summed E-state index contributed by atoms with van der Waals surface area (Å²) in [6, 6.07) is 11.8. The molecule has 1 atom stereocenters. The van der Waals surface area contributed by atoms with E-state index in [0.717, 1.165) is 18.4 Å². The summed E-state index contributed by atoms with van der Waals surface area (Å²) in [5.74, 6) is 0.293. The fraction of sp³-hybridized carbons (Fsp3) is 0.389. The van der Waals surface area contributed by atoms with Crippen LogP contribution in [-0.2, 0) is 0 Å². The number of ketones is 1. The number of carbonyl (C=O) groups excluding carboxylic acids is 1. The molecule has 0 aliphatic carbocycles. The molecule has 2 rings (SSSR count). The average molecular weight is 286 g/mol. The molecule has 0 aliphatic rings. The number of hydrogen-bond acceptors (Lipinski definition) is 2. The maximum absolute atomic E-state index is 12.7. The second kappa shape index (κ2) is 8.01. The summed E-state index contributed by atoms with van der Waals surface area (Å²) in [5, 5.41) is 4.18. The third kappa shape index (κ3) is 4.04. The zero-order valence-corrected chi connectivity index (χ0v) is 12.9. The smallest absolute Gasteiger partial charge is 0.170 e. The van der Waals surface area contributed by atoms with Gasteiger partial charge < -0.3 is 0 Å². The molecule has 20 heavy (non-hydrogen) atoms. The first kappa shape index (κ1) is 15.0. The second-order valence-electron chi connectivity index (χ2n) is 5.19. The third-order valence-electron chi connectivity index (χ3n) is 3.67. The number of rotatable bonds is 8. The van der Waals surface area contributed by atoms with Crippen LogP contribution < -0.4 is 0 Å². The molecule has 0 N–H and O–H groups in total. The summed E-state index contributed by atoms with van der Waals surface area (Å²) in [6.07, 6.45) is 5.81. The monoisotopic (exact) mass is 286 g/mol. The van der Waals surface area contributed by atoms with Crippen molar-refractivity contribution in [2.45, 2.75) is 44.9 Å². The Labute approximate surface area is 125 Å². The van der Waals surface area contributed by atoms with Gasteiger partial charge >= 0.3 is 0 Å². The molecule has 0 radical (unpaired) electrons. The highest BCUT2D eigenvalue weighted by Crippen LogP contribution is 2.28. The zero-order chi connectivity index (χ0) is 14.2. The summed E-state index contributed by atoms with van der Waals surface area (Å²) in [4.78, 5) is 12.7. The van der Waals surface area contributed by atoms with Crippen LogP contribution >= 0.6 is 11.3 Å². The van der Waals surface area contributed by atoms with E-state index in [1.807, 2.05) is 30.3 Å². The molecule has 0 saturated carbocycles. The van der Waals surface area contributed by atoms with E-state index >= 15 is 0 Å². The molecule has 1 aromatic carbocycles. The lowest BCUT2D eigenvalue weighted by Crippen LogP contribution is -2.12. The van der Waals surface area contributed by atoms with Crippen LogP contribution in [0.25, 0.3) is 0 Å². The van der Waals surface area contributed by atoms with Crippen LogP contribution in [0.4, 0.5) is 0 Å². The SMILES string of the molecule is CCCCCCC(C(=O)c1ccccc1)c1ccsc1. The van der Waals surface area contributed by atoms with Gasteiger partial charge in [0.25, 0.3) is 0 Å². The highest BCUT2D eigenvalue weighted by Gasteiger charge is 2.21. The Morgan fingerprint density at radius 2 is 1.90 bits per heavy atom. The van der Waals surface area contributed by atoms with Gasteiger partial charge in [0.1, 0.15) is 0 Å². The first-order chi connectivity index (χ1) is 9.83. The van der Waals surface area contributed by atoms with Gasteiger partial charge in [-0.3, -0.25) is 4.79 Å². The topological polar surface area (TPSA) is 17.1 Å². The quantitative estimate of drug-likeness (QED) is 0.450. The summed E-state index contributed by atoms with van der Waals surface area (Å²) in [7, 11) is 0.